The van der Waals surface area contributed by atoms with Gasteiger partial charge in [0.1, 0.15) is 0 Å². The van der Waals surface area contributed by atoms with Crippen molar-refractivity contribution in [2.75, 3.05) is 5.73 Å². The second kappa shape index (κ2) is 5.49. The van der Waals surface area contributed by atoms with Crippen molar-refractivity contribution in [1.82, 2.24) is 0 Å². The Morgan fingerprint density at radius 1 is 1.00 bits per heavy atom. The molecular formula is C18H19NO. The molecule has 2 nitrogen and oxygen atoms in total. The number of anilines is 1. The average molecular weight is 265 g/mol. The third kappa shape index (κ3) is 2.60. The molecule has 1 aliphatic rings. The summed E-state index contributed by atoms with van der Waals surface area (Å²) >= 11 is 0. The number of benzene rings is 2. The molecule has 0 aromatic heterocycles. The second-order valence-corrected chi connectivity index (χ2v) is 5.50. The number of ketones is 1. The van der Waals surface area contributed by atoms with Crippen molar-refractivity contribution in [3.8, 4) is 0 Å². The maximum atomic E-state index is 12.4. The van der Waals surface area contributed by atoms with E-state index in [0.717, 1.165) is 18.4 Å². The van der Waals surface area contributed by atoms with Crippen molar-refractivity contribution in [3.63, 3.8) is 0 Å². The lowest BCUT2D eigenvalue weighted by Crippen LogP contribution is -2.11. The zero-order chi connectivity index (χ0) is 13.9. The molecular weight excluding hydrogens is 246 g/mol. The van der Waals surface area contributed by atoms with Crippen LogP contribution in [0.5, 0.6) is 0 Å². The Kier molecular flexibility index (Phi) is 3.55. The minimum atomic E-state index is 0.113. The van der Waals surface area contributed by atoms with E-state index >= 15 is 0 Å². The standard InChI is InChI=1S/C18H19NO/c19-17-12-15-9-5-4-8-14(15)11-16(17)18(20)10-13-6-2-1-3-7-13/h1-3,6-7,11-12H,4-5,8-10,19H2. The van der Waals surface area contributed by atoms with Crippen molar-refractivity contribution in [2.45, 2.75) is 32.1 Å². The van der Waals surface area contributed by atoms with Gasteiger partial charge in [-0.1, -0.05) is 30.3 Å². The first-order valence-corrected chi connectivity index (χ1v) is 7.22. The monoisotopic (exact) mass is 265 g/mol. The molecule has 0 unspecified atom stereocenters. The van der Waals surface area contributed by atoms with Crippen LogP contribution < -0.4 is 5.73 Å². The van der Waals surface area contributed by atoms with Gasteiger partial charge in [-0.3, -0.25) is 4.79 Å². The predicted molar refractivity (Wildman–Crippen MR) is 82.0 cm³/mol. The summed E-state index contributed by atoms with van der Waals surface area (Å²) in [5.41, 5.74) is 11.1. The Bertz CT molecular complexity index is 631. The molecule has 0 saturated heterocycles. The maximum absolute atomic E-state index is 12.4. The Labute approximate surface area is 119 Å². The van der Waals surface area contributed by atoms with Crippen molar-refractivity contribution in [3.05, 3.63) is 64.7 Å². The molecule has 3 rings (SSSR count). The molecule has 2 N–H and O–H groups in total. The van der Waals surface area contributed by atoms with Crippen LogP contribution in [0.1, 0.15) is 39.9 Å². The smallest absolute Gasteiger partial charge is 0.169 e. The molecule has 0 heterocycles. The largest absolute Gasteiger partial charge is 0.398 e. The van der Waals surface area contributed by atoms with Crippen LogP contribution in [-0.2, 0) is 19.3 Å². The van der Waals surface area contributed by atoms with Gasteiger partial charge < -0.3 is 5.73 Å². The highest BCUT2D eigenvalue weighted by molar-refractivity contribution is 6.02. The highest BCUT2D eigenvalue weighted by Crippen LogP contribution is 2.27. The summed E-state index contributed by atoms with van der Waals surface area (Å²) in [4.78, 5) is 12.4. The van der Waals surface area contributed by atoms with E-state index in [9.17, 15) is 4.79 Å². The van der Waals surface area contributed by atoms with E-state index in [1.165, 1.54) is 24.0 Å². The quantitative estimate of drug-likeness (QED) is 0.681. The molecule has 2 aromatic rings. The summed E-state index contributed by atoms with van der Waals surface area (Å²) in [7, 11) is 0. The number of nitrogen functional groups attached to an aromatic ring is 1. The average Bonchev–Trinajstić information content (AvgIpc) is 2.47. The fourth-order valence-electron chi connectivity index (χ4n) is 2.92. The molecule has 2 heteroatoms. The van der Waals surface area contributed by atoms with Crippen LogP contribution in [0.4, 0.5) is 5.69 Å². The minimum absolute atomic E-state index is 0.113. The van der Waals surface area contributed by atoms with E-state index in [4.69, 9.17) is 5.73 Å². The Morgan fingerprint density at radius 3 is 2.35 bits per heavy atom. The molecule has 0 radical (unpaired) electrons. The summed E-state index contributed by atoms with van der Waals surface area (Å²) in [6, 6.07) is 13.9. The summed E-state index contributed by atoms with van der Waals surface area (Å²) in [5.74, 6) is 0.113. The molecule has 1 aliphatic carbocycles. The first kappa shape index (κ1) is 12.9. The highest BCUT2D eigenvalue weighted by Gasteiger charge is 2.16. The van der Waals surface area contributed by atoms with Gasteiger partial charge in [0.2, 0.25) is 0 Å². The van der Waals surface area contributed by atoms with Crippen molar-refractivity contribution in [2.24, 2.45) is 0 Å². The number of hydrogen-bond donors (Lipinski definition) is 1. The van der Waals surface area contributed by atoms with Crippen LogP contribution >= 0.6 is 0 Å². The van der Waals surface area contributed by atoms with Gasteiger partial charge in [-0.2, -0.15) is 0 Å². The Balaban J connectivity index is 1.88. The molecule has 20 heavy (non-hydrogen) atoms. The number of rotatable bonds is 3. The number of fused-ring (bicyclic) bond motifs is 1. The molecule has 0 atom stereocenters. The van der Waals surface area contributed by atoms with Crippen LogP contribution in [0, 0.1) is 0 Å². The van der Waals surface area contributed by atoms with Crippen LogP contribution in [0.2, 0.25) is 0 Å². The van der Waals surface area contributed by atoms with E-state index in [0.29, 0.717) is 17.7 Å². The molecule has 0 spiro atoms. The van der Waals surface area contributed by atoms with E-state index in [1.807, 2.05) is 42.5 Å². The Hall–Kier alpha value is -2.09. The van der Waals surface area contributed by atoms with E-state index in [-0.39, 0.29) is 5.78 Å². The van der Waals surface area contributed by atoms with Gasteiger partial charge in [0.15, 0.2) is 5.78 Å². The van der Waals surface area contributed by atoms with Gasteiger partial charge >= 0.3 is 0 Å². The molecule has 0 amide bonds. The number of nitrogens with two attached hydrogens (primary N) is 1. The summed E-state index contributed by atoms with van der Waals surface area (Å²) in [5, 5.41) is 0. The lowest BCUT2D eigenvalue weighted by Gasteiger charge is -2.18. The van der Waals surface area contributed by atoms with Gasteiger partial charge in [-0.15, -0.1) is 0 Å². The molecule has 0 saturated carbocycles. The summed E-state index contributed by atoms with van der Waals surface area (Å²) in [6.45, 7) is 0. The highest BCUT2D eigenvalue weighted by atomic mass is 16.1. The van der Waals surface area contributed by atoms with Gasteiger partial charge in [-0.05, 0) is 54.5 Å². The molecule has 0 aliphatic heterocycles. The lowest BCUT2D eigenvalue weighted by molar-refractivity contribution is 0.0993. The molecule has 2 aromatic carbocycles. The van der Waals surface area contributed by atoms with Crippen LogP contribution in [0.3, 0.4) is 0 Å². The van der Waals surface area contributed by atoms with Crippen molar-refractivity contribution >= 4 is 11.5 Å². The molecule has 0 bridgehead atoms. The van der Waals surface area contributed by atoms with E-state index in [2.05, 4.69) is 0 Å². The van der Waals surface area contributed by atoms with E-state index in [1.54, 1.807) is 0 Å². The SMILES string of the molecule is Nc1cc2c(cc1C(=O)Cc1ccccc1)CCCC2. The first-order chi connectivity index (χ1) is 9.74. The predicted octanol–water partition coefficient (Wildman–Crippen LogP) is 3.57. The number of aryl methyl sites for hydroxylation is 2. The van der Waals surface area contributed by atoms with Gasteiger partial charge in [-0.25, -0.2) is 0 Å². The fourth-order valence-corrected chi connectivity index (χ4v) is 2.92. The topological polar surface area (TPSA) is 43.1 Å². The lowest BCUT2D eigenvalue weighted by atomic mass is 9.88. The maximum Gasteiger partial charge on any atom is 0.169 e. The minimum Gasteiger partial charge on any atom is -0.398 e. The molecule has 102 valence electrons. The summed E-state index contributed by atoms with van der Waals surface area (Å²) < 4.78 is 0. The second-order valence-electron chi connectivity index (χ2n) is 5.50. The summed E-state index contributed by atoms with van der Waals surface area (Å²) in [6.07, 6.45) is 5.02. The number of Topliss-reactive ketones (excluding diaryl/α,β-unsaturated/α-hetero) is 1. The Morgan fingerprint density at radius 2 is 1.65 bits per heavy atom. The van der Waals surface area contributed by atoms with E-state index < -0.39 is 0 Å². The third-order valence-corrected chi connectivity index (χ3v) is 4.02. The number of hydrogen-bond acceptors (Lipinski definition) is 2. The molecule has 0 fully saturated rings. The number of carbonyl (C=O) groups excluding carboxylic acids is 1. The fraction of sp³-hybridized carbons (Fsp3) is 0.278. The van der Waals surface area contributed by atoms with Crippen molar-refractivity contribution in [1.29, 1.82) is 0 Å². The van der Waals surface area contributed by atoms with Crippen LogP contribution in [-0.4, -0.2) is 5.78 Å². The van der Waals surface area contributed by atoms with Crippen LogP contribution in [0.15, 0.2) is 42.5 Å². The van der Waals surface area contributed by atoms with Gasteiger partial charge in [0.05, 0.1) is 0 Å². The normalized spacial score (nSPS) is 13.8. The number of carbonyl (C=O) groups is 1. The van der Waals surface area contributed by atoms with Gasteiger partial charge in [0, 0.05) is 17.7 Å². The third-order valence-electron chi connectivity index (χ3n) is 4.02. The zero-order valence-corrected chi connectivity index (χ0v) is 11.6. The van der Waals surface area contributed by atoms with Crippen molar-refractivity contribution < 1.29 is 4.79 Å². The van der Waals surface area contributed by atoms with Gasteiger partial charge in [0.25, 0.3) is 0 Å². The van der Waals surface area contributed by atoms with Crippen LogP contribution in [0.25, 0.3) is 0 Å². The first-order valence-electron chi connectivity index (χ1n) is 7.22. The zero-order valence-electron chi connectivity index (χ0n) is 11.6.